The maximum absolute atomic E-state index is 5.45. The van der Waals surface area contributed by atoms with Gasteiger partial charge in [0, 0.05) is 7.11 Å². The summed E-state index contributed by atoms with van der Waals surface area (Å²) < 4.78 is 4.76. The molecule has 2 N–H and O–H groups in total. The van der Waals surface area contributed by atoms with E-state index in [4.69, 9.17) is 23.6 Å². The highest BCUT2D eigenvalue weighted by Crippen LogP contribution is 2.08. The van der Waals surface area contributed by atoms with E-state index in [1.54, 1.807) is 0 Å². The highest BCUT2D eigenvalue weighted by Gasteiger charge is 2.36. The fourth-order valence-electron chi connectivity index (χ4n) is 0.444. The average Bonchev–Trinajstić information content (AvgIpc) is 2.00. The summed E-state index contributed by atoms with van der Waals surface area (Å²) in [7, 11) is 1.42. The summed E-state index contributed by atoms with van der Waals surface area (Å²) >= 11 is 0. The second kappa shape index (κ2) is 3.84. The van der Waals surface area contributed by atoms with Crippen LogP contribution in [0.15, 0.2) is 0 Å². The van der Waals surface area contributed by atoms with Gasteiger partial charge < -0.3 is 0 Å². The van der Waals surface area contributed by atoms with Crippen LogP contribution < -0.4 is 5.73 Å². The van der Waals surface area contributed by atoms with Crippen LogP contribution in [0.25, 0.3) is 9.69 Å². The van der Waals surface area contributed by atoms with Crippen LogP contribution in [0.5, 0.6) is 0 Å². The predicted molar refractivity (Wildman–Crippen MR) is 40.0 cm³/mol. The minimum absolute atomic E-state index is 0.380. The molecule has 0 bridgehead atoms. The molecule has 0 fully saturated rings. The summed E-state index contributed by atoms with van der Waals surface area (Å²) in [4.78, 5) is 6.66. The molecule has 0 aliphatic heterocycles. The van der Waals surface area contributed by atoms with Crippen LogP contribution in [0.3, 0.4) is 0 Å². The largest absolute Gasteiger partial charge is 0.450 e. The van der Waals surface area contributed by atoms with E-state index in [2.05, 4.69) is 9.69 Å². The van der Waals surface area contributed by atoms with E-state index in [9.17, 15) is 0 Å². The first-order chi connectivity index (χ1) is 4.68. The zero-order chi connectivity index (χ0) is 8.04. The summed E-state index contributed by atoms with van der Waals surface area (Å²) in [6, 6.07) is 0. The van der Waals surface area contributed by atoms with Crippen LogP contribution in [0.2, 0.25) is 0 Å². The maximum Gasteiger partial charge on any atom is 0.450 e. The molecule has 0 spiro atoms. The molecule has 0 saturated carbocycles. The Labute approximate surface area is 60.2 Å². The van der Waals surface area contributed by atoms with Crippen LogP contribution in [-0.4, -0.2) is 19.5 Å². The van der Waals surface area contributed by atoms with Gasteiger partial charge in [-0.25, -0.2) is 5.73 Å². The first-order valence-electron chi connectivity index (χ1n) is 2.81. The van der Waals surface area contributed by atoms with Crippen LogP contribution >= 0.6 is 0 Å². The van der Waals surface area contributed by atoms with Crippen molar-refractivity contribution in [2.45, 2.75) is 12.3 Å². The molecule has 4 heteroatoms. The van der Waals surface area contributed by atoms with Crippen LogP contribution in [0.4, 0.5) is 0 Å². The Kier molecular flexibility index (Phi) is 3.42. The van der Waals surface area contributed by atoms with Crippen molar-refractivity contribution in [2.24, 2.45) is 5.73 Å². The molecule has 10 heavy (non-hydrogen) atoms. The molecular weight excluding hydrogens is 130 g/mol. The molecule has 0 aromatic rings. The van der Waals surface area contributed by atoms with Gasteiger partial charge in [0.1, 0.15) is 0 Å². The number of methoxy groups -OCH3 is 1. The van der Waals surface area contributed by atoms with Crippen molar-refractivity contribution in [3.05, 3.63) is 9.69 Å². The lowest BCUT2D eigenvalue weighted by Crippen LogP contribution is -2.38. The second-order valence-electron chi connectivity index (χ2n) is 1.83. The van der Waals surface area contributed by atoms with Crippen molar-refractivity contribution in [1.29, 1.82) is 0 Å². The molecule has 0 amide bonds. The molecule has 0 heterocycles. The van der Waals surface area contributed by atoms with Crippen molar-refractivity contribution in [3.63, 3.8) is 0 Å². The van der Waals surface area contributed by atoms with Crippen LogP contribution in [0.1, 0.15) is 6.42 Å². The number of hydrogen-bond acceptors (Lipinski definition) is 2. The molecule has 0 aliphatic carbocycles. The molecule has 0 rings (SSSR count). The smallest absolute Gasteiger partial charge is 0.295 e. The standard InChI is InChI=1S/C6H11N3O/c1-8-5-4-6(7,9-2)10-3/h1-2H,4-5,7H2,3H3/q+2. The normalized spacial score (nSPS) is 14.8. The quantitative estimate of drug-likeness (QED) is 0.583. The Hall–Kier alpha value is -1.10. The number of ether oxygens (including phenoxy) is 1. The van der Waals surface area contributed by atoms with Gasteiger partial charge in [0.25, 0.3) is 19.7 Å². The zero-order valence-corrected chi connectivity index (χ0v) is 5.95. The lowest BCUT2D eigenvalue weighted by Gasteiger charge is -2.04. The SMILES string of the molecule is C#[N+]CCC(N)([N+]#C)OC. The second-order valence-corrected chi connectivity index (χ2v) is 1.83. The maximum atomic E-state index is 5.45. The van der Waals surface area contributed by atoms with E-state index >= 15 is 0 Å². The Balaban J connectivity index is 3.87. The minimum atomic E-state index is -1.14. The summed E-state index contributed by atoms with van der Waals surface area (Å²) in [5.74, 6) is -1.14. The third kappa shape index (κ3) is 2.45. The topological polar surface area (TPSA) is 44.0 Å². The Morgan fingerprint density at radius 3 is 2.50 bits per heavy atom. The van der Waals surface area contributed by atoms with Gasteiger partial charge in [-0.1, -0.05) is 4.85 Å². The molecule has 0 aromatic carbocycles. The average molecular weight is 141 g/mol. The molecule has 0 radical (unpaired) electrons. The van der Waals surface area contributed by atoms with Gasteiger partial charge in [0.15, 0.2) is 6.42 Å². The molecule has 0 saturated heterocycles. The minimum Gasteiger partial charge on any atom is -0.295 e. The van der Waals surface area contributed by atoms with Crippen LogP contribution in [0, 0.1) is 13.1 Å². The monoisotopic (exact) mass is 141 g/mol. The molecule has 54 valence electrons. The van der Waals surface area contributed by atoms with Gasteiger partial charge in [-0.05, 0) is 4.85 Å². The fourth-order valence-corrected chi connectivity index (χ4v) is 0.444. The molecular formula is C6H11N3O+2. The van der Waals surface area contributed by atoms with Crippen LogP contribution in [-0.2, 0) is 4.74 Å². The third-order valence-electron chi connectivity index (χ3n) is 1.17. The summed E-state index contributed by atoms with van der Waals surface area (Å²) in [5.41, 5.74) is 5.45. The van der Waals surface area contributed by atoms with E-state index in [0.29, 0.717) is 13.0 Å². The Morgan fingerprint density at radius 2 is 2.20 bits per heavy atom. The van der Waals surface area contributed by atoms with Gasteiger partial charge in [0.05, 0.1) is 0 Å². The van der Waals surface area contributed by atoms with Crippen molar-refractivity contribution < 1.29 is 4.74 Å². The zero-order valence-electron chi connectivity index (χ0n) is 5.95. The lowest BCUT2D eigenvalue weighted by atomic mass is 10.3. The lowest BCUT2D eigenvalue weighted by molar-refractivity contribution is 0.0323. The predicted octanol–water partition coefficient (Wildman–Crippen LogP) is 0.561. The molecule has 1 unspecified atom stereocenters. The van der Waals surface area contributed by atoms with Gasteiger partial charge in [0.2, 0.25) is 0 Å². The number of nitrogens with two attached hydrogens (primary N) is 1. The van der Waals surface area contributed by atoms with Gasteiger partial charge in [-0.15, -0.1) is 0 Å². The van der Waals surface area contributed by atoms with Crippen molar-refractivity contribution >= 4 is 0 Å². The van der Waals surface area contributed by atoms with Crippen molar-refractivity contribution in [3.8, 4) is 13.1 Å². The molecule has 0 aliphatic rings. The first-order valence-corrected chi connectivity index (χ1v) is 2.81. The summed E-state index contributed by atoms with van der Waals surface area (Å²) in [6.07, 6.45) is 0.385. The summed E-state index contributed by atoms with van der Waals surface area (Å²) in [5, 5.41) is 0. The van der Waals surface area contributed by atoms with E-state index < -0.39 is 5.85 Å². The van der Waals surface area contributed by atoms with Gasteiger partial charge in [-0.2, -0.15) is 0 Å². The van der Waals surface area contributed by atoms with E-state index in [0.717, 1.165) is 0 Å². The highest BCUT2D eigenvalue weighted by molar-refractivity contribution is 4.89. The van der Waals surface area contributed by atoms with E-state index in [1.807, 2.05) is 0 Å². The number of hydrogen-bond donors (Lipinski definition) is 1. The number of rotatable bonds is 3. The Bertz CT molecular complexity index is 178. The highest BCUT2D eigenvalue weighted by atomic mass is 16.5. The first kappa shape index (κ1) is 8.90. The molecule has 4 nitrogen and oxygen atoms in total. The van der Waals surface area contributed by atoms with E-state index in [-0.39, 0.29) is 0 Å². The van der Waals surface area contributed by atoms with Gasteiger partial charge in [-0.3, -0.25) is 4.74 Å². The fraction of sp³-hybridized carbons (Fsp3) is 0.667. The van der Waals surface area contributed by atoms with Gasteiger partial charge >= 0.3 is 5.85 Å². The van der Waals surface area contributed by atoms with Crippen molar-refractivity contribution in [2.75, 3.05) is 13.7 Å². The summed E-state index contributed by atoms with van der Waals surface area (Å²) in [6.45, 7) is 10.2. The van der Waals surface area contributed by atoms with Crippen molar-refractivity contribution in [1.82, 2.24) is 0 Å². The molecule has 1 atom stereocenters. The van der Waals surface area contributed by atoms with E-state index in [1.165, 1.54) is 7.11 Å². The molecule has 0 aromatic heterocycles. The Morgan fingerprint density at radius 1 is 1.60 bits per heavy atom. The third-order valence-corrected chi connectivity index (χ3v) is 1.17. The number of nitrogens with zero attached hydrogens (tertiary/aromatic N) is 2.